The van der Waals surface area contributed by atoms with Gasteiger partial charge in [-0.2, -0.15) is 0 Å². The fourth-order valence-corrected chi connectivity index (χ4v) is 2.35. The zero-order chi connectivity index (χ0) is 16.7. The largest absolute Gasteiger partial charge is 0.491 e. The van der Waals surface area contributed by atoms with Gasteiger partial charge in [0.2, 0.25) is 0 Å². The first-order valence-corrected chi connectivity index (χ1v) is 7.90. The van der Waals surface area contributed by atoms with Crippen LogP contribution in [-0.4, -0.2) is 35.4 Å². The molecule has 0 aliphatic heterocycles. The predicted octanol–water partition coefficient (Wildman–Crippen LogP) is 1.83. The second kappa shape index (κ2) is 8.44. The van der Waals surface area contributed by atoms with Crippen molar-refractivity contribution in [2.24, 2.45) is 0 Å². The monoisotopic (exact) mass is 339 g/mol. The van der Waals surface area contributed by atoms with Gasteiger partial charge in [0.1, 0.15) is 24.3 Å². The number of hydrogen-bond donors (Lipinski definition) is 3. The number of carbonyl (C=O) groups is 1. The molecule has 1 aromatic carbocycles. The number of halogens is 1. The number of hydrogen-bond acceptors (Lipinski definition) is 5. The molecular weight excluding hydrogens is 321 g/mol. The lowest BCUT2D eigenvalue weighted by molar-refractivity contribution is 0.107. The van der Waals surface area contributed by atoms with Gasteiger partial charge in [0.05, 0.1) is 17.2 Å². The molecule has 0 aliphatic carbocycles. The SMILES string of the molecule is Cc1nc(CNC(=O)NC[C@H](O)COc2cccc(F)c2)cs1. The van der Waals surface area contributed by atoms with E-state index in [1.54, 1.807) is 6.07 Å². The lowest BCUT2D eigenvalue weighted by Gasteiger charge is -2.13. The first-order valence-electron chi connectivity index (χ1n) is 7.02. The Morgan fingerprint density at radius 1 is 1.48 bits per heavy atom. The van der Waals surface area contributed by atoms with Crippen LogP contribution in [0.4, 0.5) is 9.18 Å². The third kappa shape index (κ3) is 6.21. The number of aromatic nitrogens is 1. The molecule has 0 aliphatic rings. The van der Waals surface area contributed by atoms with Crippen LogP contribution in [0.1, 0.15) is 10.7 Å². The summed E-state index contributed by atoms with van der Waals surface area (Å²) in [6, 6.07) is 5.23. The van der Waals surface area contributed by atoms with E-state index in [0.717, 1.165) is 10.7 Å². The van der Waals surface area contributed by atoms with E-state index in [1.807, 2.05) is 12.3 Å². The molecule has 1 aromatic heterocycles. The van der Waals surface area contributed by atoms with E-state index >= 15 is 0 Å². The van der Waals surface area contributed by atoms with Crippen LogP contribution in [0.5, 0.6) is 5.75 Å². The highest BCUT2D eigenvalue weighted by molar-refractivity contribution is 7.09. The highest BCUT2D eigenvalue weighted by Gasteiger charge is 2.09. The minimum atomic E-state index is -0.898. The highest BCUT2D eigenvalue weighted by atomic mass is 32.1. The van der Waals surface area contributed by atoms with Crippen molar-refractivity contribution in [3.63, 3.8) is 0 Å². The van der Waals surface area contributed by atoms with Crippen molar-refractivity contribution in [3.05, 3.63) is 46.2 Å². The number of aliphatic hydroxyl groups excluding tert-OH is 1. The lowest BCUT2D eigenvalue weighted by Crippen LogP contribution is -2.41. The zero-order valence-corrected chi connectivity index (χ0v) is 13.4. The van der Waals surface area contributed by atoms with Crippen molar-refractivity contribution < 1.29 is 19.0 Å². The van der Waals surface area contributed by atoms with Crippen LogP contribution in [0.25, 0.3) is 0 Å². The summed E-state index contributed by atoms with van der Waals surface area (Å²) in [6.45, 7) is 2.20. The number of amides is 2. The van der Waals surface area contributed by atoms with Gasteiger partial charge in [0.15, 0.2) is 0 Å². The van der Waals surface area contributed by atoms with Gasteiger partial charge in [-0.05, 0) is 19.1 Å². The maximum absolute atomic E-state index is 13.0. The molecule has 1 atom stereocenters. The van der Waals surface area contributed by atoms with Crippen molar-refractivity contribution >= 4 is 17.4 Å². The summed E-state index contributed by atoms with van der Waals surface area (Å²) in [5.74, 6) is -0.0841. The van der Waals surface area contributed by atoms with Crippen LogP contribution in [0, 0.1) is 12.7 Å². The van der Waals surface area contributed by atoms with Crippen LogP contribution in [0.3, 0.4) is 0 Å². The van der Waals surface area contributed by atoms with Gasteiger partial charge < -0.3 is 20.5 Å². The first-order chi connectivity index (χ1) is 11.0. The molecule has 2 amide bonds. The third-order valence-corrected chi connectivity index (χ3v) is 3.66. The smallest absolute Gasteiger partial charge is 0.315 e. The van der Waals surface area contributed by atoms with Crippen molar-refractivity contribution in [1.82, 2.24) is 15.6 Å². The quantitative estimate of drug-likeness (QED) is 0.719. The average molecular weight is 339 g/mol. The van der Waals surface area contributed by atoms with E-state index in [0.29, 0.717) is 12.3 Å². The average Bonchev–Trinajstić information content (AvgIpc) is 2.94. The van der Waals surface area contributed by atoms with Crippen molar-refractivity contribution in [1.29, 1.82) is 0 Å². The fourth-order valence-electron chi connectivity index (χ4n) is 1.74. The molecule has 6 nitrogen and oxygen atoms in total. The van der Waals surface area contributed by atoms with Crippen molar-refractivity contribution in [3.8, 4) is 5.75 Å². The number of benzene rings is 1. The molecule has 3 N–H and O–H groups in total. The topological polar surface area (TPSA) is 83.5 Å². The van der Waals surface area contributed by atoms with Crippen molar-refractivity contribution in [2.45, 2.75) is 19.6 Å². The second-order valence-electron chi connectivity index (χ2n) is 4.84. The molecular formula is C15H18FN3O3S. The number of carbonyl (C=O) groups excluding carboxylic acids is 1. The number of urea groups is 1. The second-order valence-corrected chi connectivity index (χ2v) is 5.91. The minimum Gasteiger partial charge on any atom is -0.491 e. The van der Waals surface area contributed by atoms with E-state index in [2.05, 4.69) is 15.6 Å². The van der Waals surface area contributed by atoms with E-state index < -0.39 is 18.0 Å². The van der Waals surface area contributed by atoms with E-state index in [1.165, 1.54) is 29.5 Å². The molecule has 2 aromatic rings. The van der Waals surface area contributed by atoms with Gasteiger partial charge in [-0.25, -0.2) is 14.2 Å². The Bertz CT molecular complexity index is 650. The standard InChI is InChI=1S/C15H18FN3O3S/c1-10-19-12(9-23-10)6-17-15(21)18-7-13(20)8-22-14-4-2-3-11(16)5-14/h2-5,9,13,20H,6-8H2,1H3,(H2,17,18,21)/t13-/m0/s1. The van der Waals surface area contributed by atoms with Crippen LogP contribution >= 0.6 is 11.3 Å². The summed E-state index contributed by atoms with van der Waals surface area (Å²) in [4.78, 5) is 15.8. The van der Waals surface area contributed by atoms with Crippen LogP contribution in [0.2, 0.25) is 0 Å². The number of rotatable bonds is 7. The van der Waals surface area contributed by atoms with Gasteiger partial charge in [-0.15, -0.1) is 11.3 Å². The predicted molar refractivity (Wildman–Crippen MR) is 85.0 cm³/mol. The molecule has 0 bridgehead atoms. The van der Waals surface area contributed by atoms with Gasteiger partial charge in [-0.3, -0.25) is 0 Å². The molecule has 0 spiro atoms. The van der Waals surface area contributed by atoms with Crippen molar-refractivity contribution in [2.75, 3.05) is 13.2 Å². The fraction of sp³-hybridized carbons (Fsp3) is 0.333. The molecule has 124 valence electrons. The summed E-state index contributed by atoms with van der Waals surface area (Å²) in [6.07, 6.45) is -0.898. The minimum absolute atomic E-state index is 0.0250. The summed E-state index contributed by atoms with van der Waals surface area (Å²) in [5, 5.41) is 17.7. The van der Waals surface area contributed by atoms with E-state index in [-0.39, 0.29) is 13.2 Å². The van der Waals surface area contributed by atoms with Crippen LogP contribution in [-0.2, 0) is 6.54 Å². The molecule has 23 heavy (non-hydrogen) atoms. The number of ether oxygens (including phenoxy) is 1. The number of nitrogens with zero attached hydrogens (tertiary/aromatic N) is 1. The van der Waals surface area contributed by atoms with E-state index in [4.69, 9.17) is 4.74 Å². The Kier molecular flexibility index (Phi) is 6.30. The van der Waals surface area contributed by atoms with Gasteiger partial charge in [0.25, 0.3) is 0 Å². The van der Waals surface area contributed by atoms with Gasteiger partial charge in [0, 0.05) is 18.0 Å². The normalized spacial score (nSPS) is 11.8. The molecule has 1 heterocycles. The Morgan fingerprint density at radius 2 is 2.30 bits per heavy atom. The first kappa shape index (κ1) is 17.2. The third-order valence-electron chi connectivity index (χ3n) is 2.83. The molecule has 0 saturated carbocycles. The summed E-state index contributed by atoms with van der Waals surface area (Å²) >= 11 is 1.51. The molecule has 0 unspecified atom stereocenters. The zero-order valence-electron chi connectivity index (χ0n) is 12.6. The lowest BCUT2D eigenvalue weighted by atomic mass is 10.3. The maximum atomic E-state index is 13.0. The number of aliphatic hydroxyl groups is 1. The van der Waals surface area contributed by atoms with Crippen LogP contribution in [0.15, 0.2) is 29.6 Å². The Hall–Kier alpha value is -2.19. The van der Waals surface area contributed by atoms with Gasteiger partial charge in [-0.1, -0.05) is 6.07 Å². The summed E-state index contributed by atoms with van der Waals surface area (Å²) < 4.78 is 18.2. The number of nitrogens with one attached hydrogen (secondary N) is 2. The number of thiazole rings is 1. The molecule has 0 radical (unpaired) electrons. The summed E-state index contributed by atoms with van der Waals surface area (Å²) in [7, 11) is 0. The van der Waals surface area contributed by atoms with E-state index in [9.17, 15) is 14.3 Å². The Balaban J connectivity index is 1.63. The molecule has 0 fully saturated rings. The maximum Gasteiger partial charge on any atom is 0.315 e. The Morgan fingerprint density at radius 3 is 3.00 bits per heavy atom. The Labute approximate surface area is 137 Å². The number of aryl methyl sites for hydroxylation is 1. The summed E-state index contributed by atoms with van der Waals surface area (Å²) in [5.41, 5.74) is 0.789. The van der Waals surface area contributed by atoms with Crippen LogP contribution < -0.4 is 15.4 Å². The van der Waals surface area contributed by atoms with Gasteiger partial charge >= 0.3 is 6.03 Å². The molecule has 2 rings (SSSR count). The molecule has 0 saturated heterocycles. The molecule has 8 heteroatoms. The highest BCUT2D eigenvalue weighted by Crippen LogP contribution is 2.12.